The summed E-state index contributed by atoms with van der Waals surface area (Å²) in [6.07, 6.45) is 7.54. The van der Waals surface area contributed by atoms with Crippen molar-refractivity contribution in [1.29, 1.82) is 0 Å². The van der Waals surface area contributed by atoms with Gasteiger partial charge in [-0.2, -0.15) is 0 Å². The molecule has 1 N–H and O–H groups in total. The van der Waals surface area contributed by atoms with Crippen LogP contribution < -0.4 is 4.90 Å². The van der Waals surface area contributed by atoms with Crippen LogP contribution in [0.4, 0.5) is 0 Å². The van der Waals surface area contributed by atoms with E-state index in [1.807, 2.05) is 0 Å². The third kappa shape index (κ3) is 5.98. The summed E-state index contributed by atoms with van der Waals surface area (Å²) in [6.45, 7) is 6.85. The molecule has 4 nitrogen and oxygen atoms in total. The van der Waals surface area contributed by atoms with Gasteiger partial charge in [-0.3, -0.25) is 4.79 Å². The Kier molecular flexibility index (Phi) is 7.76. The fourth-order valence-corrected chi connectivity index (χ4v) is 3.06. The van der Waals surface area contributed by atoms with Crippen molar-refractivity contribution in [2.24, 2.45) is 5.92 Å². The molecular weight excluding hydrogens is 278 g/mol. The lowest BCUT2D eigenvalue weighted by atomic mass is 10.0. The Balaban J connectivity index is 1.62. The maximum absolute atomic E-state index is 11.8. The van der Waals surface area contributed by atoms with Crippen molar-refractivity contribution in [2.45, 2.75) is 58.0 Å². The van der Waals surface area contributed by atoms with E-state index in [1.54, 1.807) is 4.90 Å². The highest BCUT2D eigenvalue weighted by Crippen LogP contribution is 2.23. The minimum atomic E-state index is -0.0938. The predicted molar refractivity (Wildman–Crippen MR) is 85.5 cm³/mol. The van der Waals surface area contributed by atoms with Gasteiger partial charge in [0.1, 0.15) is 12.6 Å². The molecule has 2 fully saturated rings. The molecule has 2 saturated heterocycles. The highest BCUT2D eigenvalue weighted by molar-refractivity contribution is 5.75. The van der Waals surface area contributed by atoms with Gasteiger partial charge >= 0.3 is 5.97 Å². The van der Waals surface area contributed by atoms with E-state index in [1.165, 1.54) is 32.4 Å². The Morgan fingerprint density at radius 2 is 2.09 bits per heavy atom. The monoisotopic (exact) mass is 308 g/mol. The van der Waals surface area contributed by atoms with Crippen LogP contribution in [0.25, 0.3) is 0 Å². The zero-order chi connectivity index (χ0) is 15.6. The van der Waals surface area contributed by atoms with Crippen molar-refractivity contribution in [1.82, 2.24) is 0 Å². The molecule has 2 aliphatic heterocycles. The lowest BCUT2D eigenvalue weighted by Gasteiger charge is -2.20. The van der Waals surface area contributed by atoms with Crippen LogP contribution in [0.5, 0.6) is 0 Å². The molecular formula is C18H30NO3+. The molecule has 0 amide bonds. The summed E-state index contributed by atoms with van der Waals surface area (Å²) in [5, 5.41) is 0. The molecule has 2 rings (SSSR count). The zero-order valence-corrected chi connectivity index (χ0v) is 13.9. The number of likely N-dealkylation sites (tertiary alicyclic amines) is 1. The van der Waals surface area contributed by atoms with Gasteiger partial charge in [0.05, 0.1) is 25.6 Å². The fraction of sp³-hybridized carbons (Fsp3) is 0.833. The third-order valence-corrected chi connectivity index (χ3v) is 4.48. The summed E-state index contributed by atoms with van der Waals surface area (Å²) < 4.78 is 10.9. The third-order valence-electron chi connectivity index (χ3n) is 4.48. The Labute approximate surface area is 134 Å². The van der Waals surface area contributed by atoms with Crippen LogP contribution in [0.1, 0.15) is 51.9 Å². The van der Waals surface area contributed by atoms with Gasteiger partial charge in [0, 0.05) is 19.4 Å². The highest BCUT2D eigenvalue weighted by atomic mass is 16.6. The Morgan fingerprint density at radius 3 is 2.86 bits per heavy atom. The van der Waals surface area contributed by atoms with Gasteiger partial charge in [-0.1, -0.05) is 19.3 Å². The second kappa shape index (κ2) is 9.86. The van der Waals surface area contributed by atoms with Crippen molar-refractivity contribution in [3.8, 4) is 11.8 Å². The number of ether oxygens (including phenoxy) is 2. The van der Waals surface area contributed by atoms with Gasteiger partial charge in [0.25, 0.3) is 0 Å². The number of rotatable bonds is 7. The normalized spacial score (nSPS) is 25.6. The van der Waals surface area contributed by atoms with Crippen LogP contribution in [0.2, 0.25) is 0 Å². The standard InChI is InChI=1S/C18H29NO3/c1-2-3-13-21-15-17-14-16(18(20)22-17)9-5-8-12-19-10-6-4-7-11-19/h16-17H,2-4,6-7,9-15H2,1H3/p+1/t16-,17+/m1/s1. The molecule has 0 spiro atoms. The molecule has 0 bridgehead atoms. The second-order valence-electron chi connectivity index (χ2n) is 6.47. The molecule has 0 unspecified atom stereocenters. The molecule has 4 heteroatoms. The number of carbonyl (C=O) groups excluding carboxylic acids is 1. The highest BCUT2D eigenvalue weighted by Gasteiger charge is 2.33. The Bertz CT molecular complexity index is 393. The fourth-order valence-electron chi connectivity index (χ4n) is 3.06. The number of carbonyl (C=O) groups is 1. The lowest BCUT2D eigenvalue weighted by molar-refractivity contribution is -0.897. The molecule has 0 aromatic heterocycles. The van der Waals surface area contributed by atoms with E-state index < -0.39 is 0 Å². The first-order chi connectivity index (χ1) is 10.8. The second-order valence-corrected chi connectivity index (χ2v) is 6.47. The van der Waals surface area contributed by atoms with Crippen molar-refractivity contribution in [3.63, 3.8) is 0 Å². The van der Waals surface area contributed by atoms with E-state index in [4.69, 9.17) is 9.47 Å². The maximum Gasteiger partial charge on any atom is 0.310 e. The minimum Gasteiger partial charge on any atom is -0.460 e. The SMILES string of the molecule is CCCCOC[C@@H]1C[C@@H](CC#CC[NH+]2CCCCC2)C(=O)O1. The molecule has 124 valence electrons. The summed E-state index contributed by atoms with van der Waals surface area (Å²) in [5.74, 6) is 6.29. The smallest absolute Gasteiger partial charge is 0.310 e. The number of unbranched alkanes of at least 4 members (excludes halogenated alkanes) is 1. The Hall–Kier alpha value is -1.05. The van der Waals surface area contributed by atoms with E-state index in [2.05, 4.69) is 18.8 Å². The average molecular weight is 308 g/mol. The molecule has 0 radical (unpaired) electrons. The first-order valence-electron chi connectivity index (χ1n) is 8.87. The molecule has 2 aliphatic rings. The number of nitrogens with one attached hydrogen (secondary N) is 1. The van der Waals surface area contributed by atoms with Gasteiger partial charge in [0.2, 0.25) is 0 Å². The molecule has 0 aliphatic carbocycles. The molecule has 0 aromatic carbocycles. The summed E-state index contributed by atoms with van der Waals surface area (Å²) in [5.41, 5.74) is 0. The lowest BCUT2D eigenvalue weighted by Crippen LogP contribution is -3.12. The first-order valence-corrected chi connectivity index (χ1v) is 8.87. The summed E-state index contributed by atoms with van der Waals surface area (Å²) in [7, 11) is 0. The number of hydrogen-bond acceptors (Lipinski definition) is 3. The van der Waals surface area contributed by atoms with E-state index in [0.717, 1.165) is 32.4 Å². The summed E-state index contributed by atoms with van der Waals surface area (Å²) in [4.78, 5) is 13.4. The molecule has 0 aromatic rings. The predicted octanol–water partition coefficient (Wildman–Crippen LogP) is 1.20. The number of cyclic esters (lactones) is 1. The van der Waals surface area contributed by atoms with Crippen LogP contribution in [0, 0.1) is 17.8 Å². The van der Waals surface area contributed by atoms with Crippen LogP contribution in [-0.2, 0) is 14.3 Å². The van der Waals surface area contributed by atoms with Crippen molar-refractivity contribution in [2.75, 3.05) is 32.8 Å². The van der Waals surface area contributed by atoms with E-state index in [-0.39, 0.29) is 18.0 Å². The summed E-state index contributed by atoms with van der Waals surface area (Å²) >= 11 is 0. The van der Waals surface area contributed by atoms with Crippen LogP contribution in [0.15, 0.2) is 0 Å². The van der Waals surface area contributed by atoms with Crippen LogP contribution >= 0.6 is 0 Å². The molecule has 0 saturated carbocycles. The van der Waals surface area contributed by atoms with Crippen molar-refractivity contribution < 1.29 is 19.2 Å². The number of esters is 1. The van der Waals surface area contributed by atoms with Gasteiger partial charge in [-0.05, 0) is 31.6 Å². The average Bonchev–Trinajstić information content (AvgIpc) is 2.89. The first kappa shape index (κ1) is 17.3. The van der Waals surface area contributed by atoms with Crippen LogP contribution in [0.3, 0.4) is 0 Å². The molecule has 22 heavy (non-hydrogen) atoms. The molecule has 2 atom stereocenters. The Morgan fingerprint density at radius 1 is 1.27 bits per heavy atom. The van der Waals surface area contributed by atoms with E-state index in [9.17, 15) is 4.79 Å². The minimum absolute atomic E-state index is 0.0522. The van der Waals surface area contributed by atoms with Gasteiger partial charge in [-0.15, -0.1) is 0 Å². The van der Waals surface area contributed by atoms with E-state index in [0.29, 0.717) is 13.0 Å². The largest absolute Gasteiger partial charge is 0.460 e. The zero-order valence-electron chi connectivity index (χ0n) is 13.9. The number of quaternary nitrogens is 1. The van der Waals surface area contributed by atoms with Crippen molar-refractivity contribution >= 4 is 5.97 Å². The summed E-state index contributed by atoms with van der Waals surface area (Å²) in [6, 6.07) is 0. The topological polar surface area (TPSA) is 40.0 Å². The number of piperidine rings is 1. The molecule has 2 heterocycles. The van der Waals surface area contributed by atoms with E-state index >= 15 is 0 Å². The maximum atomic E-state index is 11.8. The van der Waals surface area contributed by atoms with Gasteiger partial charge in [0.15, 0.2) is 0 Å². The number of hydrogen-bond donors (Lipinski definition) is 1. The van der Waals surface area contributed by atoms with Gasteiger partial charge < -0.3 is 14.4 Å². The van der Waals surface area contributed by atoms with Gasteiger partial charge in [-0.25, -0.2) is 0 Å². The quantitative estimate of drug-likeness (QED) is 0.436. The van der Waals surface area contributed by atoms with Crippen LogP contribution in [-0.4, -0.2) is 44.9 Å². The van der Waals surface area contributed by atoms with Crippen molar-refractivity contribution in [3.05, 3.63) is 0 Å².